The van der Waals surface area contributed by atoms with E-state index in [0.717, 1.165) is 22.4 Å². The zero-order valence-electron chi connectivity index (χ0n) is 11.6. The van der Waals surface area contributed by atoms with Crippen LogP contribution < -0.4 is 4.74 Å². The minimum Gasteiger partial charge on any atom is -0.489 e. The predicted molar refractivity (Wildman–Crippen MR) is 75.7 cm³/mol. The fraction of sp³-hybridized carbons (Fsp3) is 0.294. The molecule has 19 heavy (non-hydrogen) atoms. The molecular formula is C17H19O2. The van der Waals surface area contributed by atoms with Gasteiger partial charge in [-0.1, -0.05) is 42.5 Å². The van der Waals surface area contributed by atoms with Gasteiger partial charge in [-0.05, 0) is 43.5 Å². The van der Waals surface area contributed by atoms with Crippen LogP contribution in [0, 0.1) is 6.92 Å². The minimum atomic E-state index is -1.11. The van der Waals surface area contributed by atoms with Crippen molar-refractivity contribution in [3.05, 3.63) is 65.2 Å². The van der Waals surface area contributed by atoms with Gasteiger partial charge in [0.15, 0.2) is 0 Å². The van der Waals surface area contributed by atoms with Gasteiger partial charge in [-0.15, -0.1) is 0 Å². The maximum absolute atomic E-state index is 12.1. The SMILES string of the molecule is Cc1ccccc1OCc1ccccc1C(C)(C)[O]. The molecule has 0 saturated heterocycles. The maximum atomic E-state index is 12.1. The van der Waals surface area contributed by atoms with E-state index in [1.807, 2.05) is 55.5 Å². The molecule has 2 aromatic rings. The van der Waals surface area contributed by atoms with Gasteiger partial charge < -0.3 is 4.74 Å². The number of benzene rings is 2. The standard InChI is InChI=1S/C17H19O2/c1-13-8-4-7-11-16(13)19-12-14-9-5-6-10-15(14)17(2,3)18/h4-11H,12H2,1-3H3. The molecule has 2 rings (SSSR count). The quantitative estimate of drug-likeness (QED) is 0.803. The average molecular weight is 255 g/mol. The van der Waals surface area contributed by atoms with Crippen molar-refractivity contribution in [1.29, 1.82) is 0 Å². The summed E-state index contributed by atoms with van der Waals surface area (Å²) in [5.74, 6) is 0.862. The summed E-state index contributed by atoms with van der Waals surface area (Å²) in [6, 6.07) is 15.6. The van der Waals surface area contributed by atoms with Gasteiger partial charge in [-0.3, -0.25) is 0 Å². The van der Waals surface area contributed by atoms with Crippen LogP contribution in [0.1, 0.15) is 30.5 Å². The average Bonchev–Trinajstić information content (AvgIpc) is 2.37. The minimum absolute atomic E-state index is 0.423. The third-order valence-electron chi connectivity index (χ3n) is 3.14. The van der Waals surface area contributed by atoms with Crippen LogP contribution in [0.4, 0.5) is 0 Å². The molecule has 0 atom stereocenters. The molecule has 1 radical (unpaired) electrons. The topological polar surface area (TPSA) is 29.1 Å². The van der Waals surface area contributed by atoms with Crippen molar-refractivity contribution in [3.63, 3.8) is 0 Å². The molecule has 0 aliphatic carbocycles. The maximum Gasteiger partial charge on any atom is 0.123 e. The lowest BCUT2D eigenvalue weighted by Gasteiger charge is -2.19. The monoisotopic (exact) mass is 255 g/mol. The molecule has 99 valence electrons. The van der Waals surface area contributed by atoms with Gasteiger partial charge in [-0.25, -0.2) is 5.11 Å². The predicted octanol–water partition coefficient (Wildman–Crippen LogP) is 4.24. The largest absolute Gasteiger partial charge is 0.489 e. The van der Waals surface area contributed by atoms with Crippen LogP contribution in [-0.4, -0.2) is 0 Å². The highest BCUT2D eigenvalue weighted by molar-refractivity contribution is 5.34. The van der Waals surface area contributed by atoms with E-state index in [4.69, 9.17) is 4.74 Å². The fourth-order valence-electron chi connectivity index (χ4n) is 2.11. The number of hydrogen-bond acceptors (Lipinski definition) is 1. The lowest BCUT2D eigenvalue weighted by Crippen LogP contribution is -2.17. The van der Waals surface area contributed by atoms with Gasteiger partial charge in [0, 0.05) is 0 Å². The fourth-order valence-corrected chi connectivity index (χ4v) is 2.11. The highest BCUT2D eigenvalue weighted by Gasteiger charge is 2.21. The molecule has 2 heteroatoms. The van der Waals surface area contributed by atoms with Crippen molar-refractivity contribution in [1.82, 2.24) is 0 Å². The first-order valence-electron chi connectivity index (χ1n) is 6.46. The Balaban J connectivity index is 2.19. The molecule has 0 saturated carbocycles. The Kier molecular flexibility index (Phi) is 3.91. The summed E-state index contributed by atoms with van der Waals surface area (Å²) in [6.45, 7) is 5.80. The number of para-hydroxylation sites is 1. The van der Waals surface area contributed by atoms with Crippen molar-refractivity contribution in [2.45, 2.75) is 33.0 Å². The second-order valence-electron chi connectivity index (χ2n) is 5.22. The summed E-state index contributed by atoms with van der Waals surface area (Å²) in [7, 11) is 0. The molecule has 0 aliphatic heterocycles. The molecule has 0 spiro atoms. The Hall–Kier alpha value is -1.80. The van der Waals surface area contributed by atoms with Crippen molar-refractivity contribution in [2.24, 2.45) is 0 Å². The zero-order chi connectivity index (χ0) is 13.9. The molecule has 0 N–H and O–H groups in total. The molecule has 0 heterocycles. The van der Waals surface area contributed by atoms with Crippen LogP contribution in [0.25, 0.3) is 0 Å². The summed E-state index contributed by atoms with van der Waals surface area (Å²) >= 11 is 0. The smallest absolute Gasteiger partial charge is 0.123 e. The van der Waals surface area contributed by atoms with Crippen molar-refractivity contribution < 1.29 is 9.84 Å². The first-order valence-corrected chi connectivity index (χ1v) is 6.46. The van der Waals surface area contributed by atoms with Crippen LogP contribution >= 0.6 is 0 Å². The summed E-state index contributed by atoms with van der Waals surface area (Å²) in [6.07, 6.45) is 0. The molecule has 0 unspecified atom stereocenters. The molecule has 0 amide bonds. The molecule has 0 aromatic heterocycles. The number of hydrogen-bond donors (Lipinski definition) is 0. The molecule has 0 bridgehead atoms. The summed E-state index contributed by atoms with van der Waals surface area (Å²) < 4.78 is 5.82. The van der Waals surface area contributed by atoms with Crippen molar-refractivity contribution in [2.75, 3.05) is 0 Å². The second kappa shape index (κ2) is 5.45. The Morgan fingerprint density at radius 3 is 2.32 bits per heavy atom. The van der Waals surface area contributed by atoms with E-state index in [2.05, 4.69) is 0 Å². The van der Waals surface area contributed by atoms with Crippen molar-refractivity contribution >= 4 is 0 Å². The molecular weight excluding hydrogens is 236 g/mol. The van der Waals surface area contributed by atoms with Crippen LogP contribution in [0.15, 0.2) is 48.5 Å². The normalized spacial score (nSPS) is 11.4. The highest BCUT2D eigenvalue weighted by atomic mass is 16.5. The molecule has 0 fully saturated rings. The lowest BCUT2D eigenvalue weighted by molar-refractivity contribution is -0.00153. The number of rotatable bonds is 4. The first-order chi connectivity index (χ1) is 8.98. The van der Waals surface area contributed by atoms with E-state index in [-0.39, 0.29) is 0 Å². The number of aryl methyl sites for hydroxylation is 1. The van der Waals surface area contributed by atoms with E-state index in [1.54, 1.807) is 13.8 Å². The summed E-state index contributed by atoms with van der Waals surface area (Å²) in [4.78, 5) is 0. The lowest BCUT2D eigenvalue weighted by atomic mass is 9.93. The van der Waals surface area contributed by atoms with Crippen LogP contribution in [0.2, 0.25) is 0 Å². The van der Waals surface area contributed by atoms with Gasteiger partial charge in [0.05, 0.1) is 0 Å². The van der Waals surface area contributed by atoms with Gasteiger partial charge >= 0.3 is 0 Å². The Morgan fingerprint density at radius 1 is 1.00 bits per heavy atom. The zero-order valence-corrected chi connectivity index (χ0v) is 11.6. The van der Waals surface area contributed by atoms with Gasteiger partial charge in [0.2, 0.25) is 0 Å². The third-order valence-corrected chi connectivity index (χ3v) is 3.14. The molecule has 2 nitrogen and oxygen atoms in total. The van der Waals surface area contributed by atoms with Crippen LogP contribution in [-0.2, 0) is 17.3 Å². The Bertz CT molecular complexity index is 553. The Morgan fingerprint density at radius 2 is 1.63 bits per heavy atom. The van der Waals surface area contributed by atoms with E-state index in [1.165, 1.54) is 0 Å². The second-order valence-corrected chi connectivity index (χ2v) is 5.22. The summed E-state index contributed by atoms with van der Waals surface area (Å²) in [5.41, 5.74) is 1.74. The van der Waals surface area contributed by atoms with E-state index in [0.29, 0.717) is 6.61 Å². The van der Waals surface area contributed by atoms with E-state index < -0.39 is 5.60 Å². The highest BCUT2D eigenvalue weighted by Crippen LogP contribution is 2.26. The van der Waals surface area contributed by atoms with E-state index >= 15 is 0 Å². The van der Waals surface area contributed by atoms with Gasteiger partial charge in [0.1, 0.15) is 18.0 Å². The van der Waals surface area contributed by atoms with Gasteiger partial charge in [-0.2, -0.15) is 0 Å². The van der Waals surface area contributed by atoms with Crippen LogP contribution in [0.5, 0.6) is 5.75 Å². The van der Waals surface area contributed by atoms with Gasteiger partial charge in [0.25, 0.3) is 0 Å². The Labute approximate surface area is 114 Å². The molecule has 0 aliphatic rings. The summed E-state index contributed by atoms with van der Waals surface area (Å²) in [5, 5.41) is 12.1. The third kappa shape index (κ3) is 3.36. The molecule has 2 aromatic carbocycles. The first kappa shape index (κ1) is 13.6. The van der Waals surface area contributed by atoms with E-state index in [9.17, 15) is 5.11 Å². The van der Waals surface area contributed by atoms with Crippen LogP contribution in [0.3, 0.4) is 0 Å². The van der Waals surface area contributed by atoms with Crippen molar-refractivity contribution in [3.8, 4) is 5.75 Å². The number of ether oxygens (including phenoxy) is 1.